The standard InChI is InChI=1S/C20H30ClN5O2/c1-5-23-18(28)20(2,3)14-24-19(22-4)26-11-10-25(17(27)13-26)12-15-6-8-16(21)9-7-15/h6-9H,5,10-14H2,1-4H3,(H,22,24)(H,23,28). The predicted octanol–water partition coefficient (Wildman–Crippen LogP) is 1.72. The zero-order valence-electron chi connectivity index (χ0n) is 17.1. The third-order valence-electron chi connectivity index (χ3n) is 4.76. The Morgan fingerprint density at radius 1 is 1.21 bits per heavy atom. The van der Waals surface area contributed by atoms with E-state index in [0.29, 0.717) is 43.7 Å². The number of aliphatic imine (C=N–C) groups is 1. The molecule has 0 radical (unpaired) electrons. The predicted molar refractivity (Wildman–Crippen MR) is 112 cm³/mol. The van der Waals surface area contributed by atoms with E-state index in [9.17, 15) is 9.59 Å². The molecule has 1 fully saturated rings. The lowest BCUT2D eigenvalue weighted by Crippen LogP contribution is -2.56. The lowest BCUT2D eigenvalue weighted by Gasteiger charge is -2.37. The summed E-state index contributed by atoms with van der Waals surface area (Å²) >= 11 is 5.92. The van der Waals surface area contributed by atoms with Gasteiger partial charge in [0.1, 0.15) is 0 Å². The first-order chi connectivity index (χ1) is 13.3. The second kappa shape index (κ2) is 9.78. The highest BCUT2D eigenvalue weighted by atomic mass is 35.5. The molecule has 0 saturated carbocycles. The van der Waals surface area contributed by atoms with Gasteiger partial charge in [-0.2, -0.15) is 0 Å². The molecule has 0 atom stereocenters. The van der Waals surface area contributed by atoms with E-state index in [4.69, 9.17) is 11.6 Å². The molecule has 0 unspecified atom stereocenters. The number of amides is 2. The summed E-state index contributed by atoms with van der Waals surface area (Å²) in [5, 5.41) is 6.77. The lowest BCUT2D eigenvalue weighted by atomic mass is 9.92. The van der Waals surface area contributed by atoms with Crippen molar-refractivity contribution in [3.8, 4) is 0 Å². The van der Waals surface area contributed by atoms with Crippen molar-refractivity contribution >= 4 is 29.4 Å². The molecule has 0 aliphatic carbocycles. The molecule has 2 amide bonds. The van der Waals surface area contributed by atoms with Crippen LogP contribution >= 0.6 is 11.6 Å². The van der Waals surface area contributed by atoms with Gasteiger partial charge < -0.3 is 20.4 Å². The third kappa shape index (κ3) is 5.86. The highest BCUT2D eigenvalue weighted by Gasteiger charge is 2.30. The molecule has 154 valence electrons. The van der Waals surface area contributed by atoms with Gasteiger partial charge in [0.05, 0.1) is 12.0 Å². The molecule has 1 aliphatic rings. The molecule has 0 bridgehead atoms. The second-order valence-electron chi connectivity index (χ2n) is 7.51. The topological polar surface area (TPSA) is 77.0 Å². The van der Waals surface area contributed by atoms with Gasteiger partial charge in [-0.3, -0.25) is 14.6 Å². The Kier molecular flexibility index (Phi) is 7.69. The van der Waals surface area contributed by atoms with E-state index < -0.39 is 5.41 Å². The fraction of sp³-hybridized carbons (Fsp3) is 0.550. The van der Waals surface area contributed by atoms with E-state index in [1.165, 1.54) is 0 Å². The van der Waals surface area contributed by atoms with Crippen LogP contribution < -0.4 is 10.6 Å². The van der Waals surface area contributed by atoms with E-state index in [2.05, 4.69) is 15.6 Å². The zero-order chi connectivity index (χ0) is 20.7. The molecular formula is C20H30ClN5O2. The maximum Gasteiger partial charge on any atom is 0.242 e. The van der Waals surface area contributed by atoms with Crippen LogP contribution in [0.4, 0.5) is 0 Å². The highest BCUT2D eigenvalue weighted by Crippen LogP contribution is 2.15. The average Bonchev–Trinajstić information content (AvgIpc) is 2.66. The van der Waals surface area contributed by atoms with Crippen molar-refractivity contribution in [1.82, 2.24) is 20.4 Å². The van der Waals surface area contributed by atoms with E-state index in [1.54, 1.807) is 7.05 Å². The minimum absolute atomic E-state index is 0.0122. The summed E-state index contributed by atoms with van der Waals surface area (Å²) in [5.41, 5.74) is 0.476. The fourth-order valence-corrected chi connectivity index (χ4v) is 3.11. The number of hydrogen-bond donors (Lipinski definition) is 2. The Hall–Kier alpha value is -2.28. The van der Waals surface area contributed by atoms with Crippen molar-refractivity contribution in [2.45, 2.75) is 27.3 Å². The van der Waals surface area contributed by atoms with Crippen molar-refractivity contribution < 1.29 is 9.59 Å². The zero-order valence-corrected chi connectivity index (χ0v) is 17.8. The maximum atomic E-state index is 12.6. The third-order valence-corrected chi connectivity index (χ3v) is 5.01. The van der Waals surface area contributed by atoms with Crippen LogP contribution in [0, 0.1) is 5.41 Å². The van der Waals surface area contributed by atoms with Gasteiger partial charge in [-0.1, -0.05) is 23.7 Å². The minimum atomic E-state index is -0.577. The summed E-state index contributed by atoms with van der Waals surface area (Å²) in [6.07, 6.45) is 0. The summed E-state index contributed by atoms with van der Waals surface area (Å²) in [7, 11) is 1.69. The number of halogens is 1. The first-order valence-corrected chi connectivity index (χ1v) is 9.90. The molecule has 28 heavy (non-hydrogen) atoms. The molecule has 2 N–H and O–H groups in total. The number of nitrogens with zero attached hydrogens (tertiary/aromatic N) is 3. The molecule has 7 nitrogen and oxygen atoms in total. The van der Waals surface area contributed by atoms with Gasteiger partial charge in [-0.25, -0.2) is 0 Å². The monoisotopic (exact) mass is 407 g/mol. The molecule has 0 spiro atoms. The van der Waals surface area contributed by atoms with Gasteiger partial charge in [0, 0.05) is 44.8 Å². The first kappa shape index (κ1) is 22.0. The van der Waals surface area contributed by atoms with Crippen LogP contribution in [0.1, 0.15) is 26.3 Å². The van der Waals surface area contributed by atoms with Crippen molar-refractivity contribution in [3.05, 3.63) is 34.9 Å². The normalized spacial score (nSPS) is 15.6. The smallest absolute Gasteiger partial charge is 0.242 e. The molecule has 8 heteroatoms. The Labute approximate surface area is 172 Å². The van der Waals surface area contributed by atoms with Crippen LogP contribution in [-0.2, 0) is 16.1 Å². The van der Waals surface area contributed by atoms with Crippen LogP contribution in [0.15, 0.2) is 29.3 Å². The number of carbonyl (C=O) groups excluding carboxylic acids is 2. The second-order valence-corrected chi connectivity index (χ2v) is 7.94. The first-order valence-electron chi connectivity index (χ1n) is 9.53. The van der Waals surface area contributed by atoms with Crippen molar-refractivity contribution in [3.63, 3.8) is 0 Å². The van der Waals surface area contributed by atoms with Gasteiger partial charge in [0.25, 0.3) is 0 Å². The van der Waals surface area contributed by atoms with Crippen LogP contribution in [-0.4, -0.2) is 67.3 Å². The molecular weight excluding hydrogens is 378 g/mol. The Morgan fingerprint density at radius 3 is 2.46 bits per heavy atom. The van der Waals surface area contributed by atoms with E-state index in [0.717, 1.165) is 5.56 Å². The molecule has 1 heterocycles. The molecule has 0 aromatic heterocycles. The Morgan fingerprint density at radius 2 is 1.89 bits per heavy atom. The Balaban J connectivity index is 1.91. The van der Waals surface area contributed by atoms with Gasteiger partial charge >= 0.3 is 0 Å². The Bertz CT molecular complexity index is 718. The number of guanidine groups is 1. The summed E-state index contributed by atoms with van der Waals surface area (Å²) in [6, 6.07) is 7.54. The van der Waals surface area contributed by atoms with Crippen LogP contribution in [0.2, 0.25) is 5.02 Å². The minimum Gasteiger partial charge on any atom is -0.356 e. The largest absolute Gasteiger partial charge is 0.356 e. The van der Waals surface area contributed by atoms with Crippen molar-refractivity contribution in [1.29, 1.82) is 0 Å². The lowest BCUT2D eigenvalue weighted by molar-refractivity contribution is -0.135. The number of carbonyl (C=O) groups is 2. The van der Waals surface area contributed by atoms with E-state index >= 15 is 0 Å². The summed E-state index contributed by atoms with van der Waals surface area (Å²) < 4.78 is 0. The molecule has 1 saturated heterocycles. The molecule has 1 aromatic rings. The number of rotatable bonds is 6. The summed E-state index contributed by atoms with van der Waals surface area (Å²) in [4.78, 5) is 32.8. The maximum absolute atomic E-state index is 12.6. The van der Waals surface area contributed by atoms with Crippen LogP contribution in [0.3, 0.4) is 0 Å². The highest BCUT2D eigenvalue weighted by molar-refractivity contribution is 6.30. The van der Waals surface area contributed by atoms with Crippen LogP contribution in [0.5, 0.6) is 0 Å². The van der Waals surface area contributed by atoms with Gasteiger partial charge in [-0.15, -0.1) is 0 Å². The number of nitrogens with one attached hydrogen (secondary N) is 2. The average molecular weight is 408 g/mol. The van der Waals surface area contributed by atoms with Gasteiger partial charge in [0.2, 0.25) is 11.8 Å². The van der Waals surface area contributed by atoms with Gasteiger partial charge in [0.15, 0.2) is 5.96 Å². The van der Waals surface area contributed by atoms with E-state index in [-0.39, 0.29) is 18.4 Å². The van der Waals surface area contributed by atoms with E-state index in [1.807, 2.05) is 54.8 Å². The fourth-order valence-electron chi connectivity index (χ4n) is 2.98. The van der Waals surface area contributed by atoms with Gasteiger partial charge in [-0.05, 0) is 38.5 Å². The number of hydrogen-bond acceptors (Lipinski definition) is 3. The number of piperazine rings is 1. The van der Waals surface area contributed by atoms with Crippen LogP contribution in [0.25, 0.3) is 0 Å². The molecule has 1 aromatic carbocycles. The van der Waals surface area contributed by atoms with Crippen molar-refractivity contribution in [2.75, 3.05) is 39.8 Å². The summed E-state index contributed by atoms with van der Waals surface area (Å²) in [6.45, 7) is 8.82. The number of benzene rings is 1. The molecule has 2 rings (SSSR count). The summed E-state index contributed by atoms with van der Waals surface area (Å²) in [5.74, 6) is 0.672. The quantitative estimate of drug-likeness (QED) is 0.556. The van der Waals surface area contributed by atoms with Crippen molar-refractivity contribution in [2.24, 2.45) is 10.4 Å². The molecule has 1 aliphatic heterocycles. The SMILES string of the molecule is CCNC(=O)C(C)(C)CNC(=NC)N1CCN(Cc2ccc(Cl)cc2)C(=O)C1.